The molecule has 2 rings (SSSR count). The molecule has 116 valence electrons. The van der Waals surface area contributed by atoms with E-state index in [1.54, 1.807) is 18.2 Å². The molecule has 0 aliphatic heterocycles. The van der Waals surface area contributed by atoms with Gasteiger partial charge in [0.25, 0.3) is 11.8 Å². The first-order chi connectivity index (χ1) is 10.6. The Morgan fingerprint density at radius 3 is 2.41 bits per heavy atom. The van der Waals surface area contributed by atoms with Gasteiger partial charge >= 0.3 is 0 Å². The molecule has 0 unspecified atom stereocenters. The monoisotopic (exact) mass is 316 g/mol. The molecule has 22 heavy (non-hydrogen) atoms. The zero-order valence-electron chi connectivity index (χ0n) is 12.8. The second kappa shape index (κ2) is 7.75. The summed E-state index contributed by atoms with van der Waals surface area (Å²) < 4.78 is 0. The van der Waals surface area contributed by atoms with Crippen LogP contribution < -0.4 is 10.6 Å². The quantitative estimate of drug-likeness (QED) is 0.860. The van der Waals surface area contributed by atoms with Crippen molar-refractivity contribution in [2.75, 3.05) is 0 Å². The molecule has 1 aromatic carbocycles. The van der Waals surface area contributed by atoms with Gasteiger partial charge in [0.2, 0.25) is 0 Å². The lowest BCUT2D eigenvalue weighted by atomic mass is 10.1. The smallest absolute Gasteiger partial charge is 0.252 e. The van der Waals surface area contributed by atoms with E-state index in [-0.39, 0.29) is 17.9 Å². The van der Waals surface area contributed by atoms with Gasteiger partial charge in [0.1, 0.15) is 0 Å². The average molecular weight is 316 g/mol. The minimum absolute atomic E-state index is 0.0665. The SMILES string of the molecule is CC[C@H](C)NC(=O)c1ccc(CNC(=O)c2ccsc2)cc1. The van der Waals surface area contributed by atoms with Crippen LogP contribution >= 0.6 is 11.3 Å². The number of benzene rings is 1. The molecule has 0 radical (unpaired) electrons. The summed E-state index contributed by atoms with van der Waals surface area (Å²) in [7, 11) is 0. The third-order valence-corrected chi connectivity index (χ3v) is 4.13. The van der Waals surface area contributed by atoms with E-state index in [0.717, 1.165) is 12.0 Å². The molecule has 1 atom stereocenters. The molecule has 2 aromatic rings. The predicted molar refractivity (Wildman–Crippen MR) is 89.2 cm³/mol. The molecule has 0 saturated heterocycles. The highest BCUT2D eigenvalue weighted by atomic mass is 32.1. The van der Waals surface area contributed by atoms with Crippen molar-refractivity contribution in [3.05, 3.63) is 57.8 Å². The topological polar surface area (TPSA) is 58.2 Å². The zero-order chi connectivity index (χ0) is 15.9. The molecular formula is C17H20N2O2S. The lowest BCUT2D eigenvalue weighted by molar-refractivity contribution is 0.0934. The van der Waals surface area contributed by atoms with Crippen LogP contribution in [0.1, 0.15) is 46.5 Å². The minimum Gasteiger partial charge on any atom is -0.350 e. The largest absolute Gasteiger partial charge is 0.350 e. The van der Waals surface area contributed by atoms with Crippen LogP contribution in [0.25, 0.3) is 0 Å². The molecule has 0 saturated carbocycles. The highest BCUT2D eigenvalue weighted by Crippen LogP contribution is 2.08. The fourth-order valence-electron chi connectivity index (χ4n) is 1.86. The number of amides is 2. The Hall–Kier alpha value is -2.14. The maximum atomic E-state index is 12.0. The van der Waals surface area contributed by atoms with Gasteiger partial charge in [0, 0.05) is 29.1 Å². The van der Waals surface area contributed by atoms with Crippen LogP contribution in [0.3, 0.4) is 0 Å². The zero-order valence-corrected chi connectivity index (χ0v) is 13.6. The Morgan fingerprint density at radius 1 is 1.09 bits per heavy atom. The van der Waals surface area contributed by atoms with E-state index in [9.17, 15) is 9.59 Å². The summed E-state index contributed by atoms with van der Waals surface area (Å²) in [6, 6.07) is 9.24. The third kappa shape index (κ3) is 4.43. The summed E-state index contributed by atoms with van der Waals surface area (Å²) >= 11 is 1.50. The third-order valence-electron chi connectivity index (χ3n) is 3.44. The van der Waals surface area contributed by atoms with E-state index in [0.29, 0.717) is 17.7 Å². The van der Waals surface area contributed by atoms with Crippen LogP contribution in [0, 0.1) is 0 Å². The van der Waals surface area contributed by atoms with Crippen LogP contribution in [0.4, 0.5) is 0 Å². The van der Waals surface area contributed by atoms with Gasteiger partial charge < -0.3 is 10.6 Å². The van der Waals surface area contributed by atoms with Crippen molar-refractivity contribution in [2.24, 2.45) is 0 Å². The number of thiophene rings is 1. The van der Waals surface area contributed by atoms with Gasteiger partial charge in [0.15, 0.2) is 0 Å². The second-order valence-electron chi connectivity index (χ2n) is 5.17. The molecule has 0 aliphatic rings. The van der Waals surface area contributed by atoms with Gasteiger partial charge in [-0.1, -0.05) is 19.1 Å². The van der Waals surface area contributed by atoms with E-state index >= 15 is 0 Å². The van der Waals surface area contributed by atoms with E-state index < -0.39 is 0 Å². The number of hydrogen-bond donors (Lipinski definition) is 2. The highest BCUT2D eigenvalue weighted by Gasteiger charge is 2.09. The van der Waals surface area contributed by atoms with Gasteiger partial charge in [-0.15, -0.1) is 0 Å². The molecule has 0 fully saturated rings. The van der Waals surface area contributed by atoms with Crippen LogP contribution in [0.5, 0.6) is 0 Å². The average Bonchev–Trinajstić information content (AvgIpc) is 3.07. The van der Waals surface area contributed by atoms with Crippen LogP contribution in [-0.4, -0.2) is 17.9 Å². The summed E-state index contributed by atoms with van der Waals surface area (Å²) in [4.78, 5) is 23.8. The second-order valence-corrected chi connectivity index (χ2v) is 5.95. The summed E-state index contributed by atoms with van der Waals surface area (Å²) in [6.07, 6.45) is 0.901. The van der Waals surface area contributed by atoms with E-state index in [4.69, 9.17) is 0 Å². The van der Waals surface area contributed by atoms with Gasteiger partial charge in [-0.3, -0.25) is 9.59 Å². The molecule has 0 bridgehead atoms. The van der Waals surface area contributed by atoms with E-state index in [2.05, 4.69) is 10.6 Å². The number of rotatable bonds is 6. The number of nitrogens with one attached hydrogen (secondary N) is 2. The Bertz CT molecular complexity index is 621. The van der Waals surface area contributed by atoms with Crippen molar-refractivity contribution in [3.8, 4) is 0 Å². The Balaban J connectivity index is 1.89. The molecule has 0 aliphatic carbocycles. The fraction of sp³-hybridized carbons (Fsp3) is 0.294. The molecule has 5 heteroatoms. The highest BCUT2D eigenvalue weighted by molar-refractivity contribution is 7.08. The van der Waals surface area contributed by atoms with Gasteiger partial charge in [-0.05, 0) is 42.5 Å². The van der Waals surface area contributed by atoms with Gasteiger partial charge in [0.05, 0.1) is 0 Å². The predicted octanol–water partition coefficient (Wildman–Crippen LogP) is 3.21. The van der Waals surface area contributed by atoms with Crippen LogP contribution in [0.2, 0.25) is 0 Å². The molecule has 4 nitrogen and oxygen atoms in total. The molecule has 0 spiro atoms. The molecule has 2 N–H and O–H groups in total. The fourth-order valence-corrected chi connectivity index (χ4v) is 2.50. The summed E-state index contributed by atoms with van der Waals surface area (Å²) in [5.74, 6) is -0.150. The minimum atomic E-state index is -0.0835. The maximum absolute atomic E-state index is 12.0. The van der Waals surface area contributed by atoms with Gasteiger partial charge in [-0.25, -0.2) is 0 Å². The number of hydrogen-bond acceptors (Lipinski definition) is 3. The normalized spacial score (nSPS) is 11.7. The lowest BCUT2D eigenvalue weighted by Gasteiger charge is -2.11. The van der Waals surface area contributed by atoms with Crippen molar-refractivity contribution in [2.45, 2.75) is 32.9 Å². The van der Waals surface area contributed by atoms with Crippen LogP contribution in [-0.2, 0) is 6.54 Å². The Kier molecular flexibility index (Phi) is 5.72. The first kappa shape index (κ1) is 16.2. The lowest BCUT2D eigenvalue weighted by Crippen LogP contribution is -2.31. The van der Waals surface area contributed by atoms with Crippen molar-refractivity contribution < 1.29 is 9.59 Å². The van der Waals surface area contributed by atoms with Crippen molar-refractivity contribution in [1.82, 2.24) is 10.6 Å². The van der Waals surface area contributed by atoms with Crippen molar-refractivity contribution in [1.29, 1.82) is 0 Å². The Morgan fingerprint density at radius 2 is 1.82 bits per heavy atom. The molecule has 2 amide bonds. The molecule has 1 aromatic heterocycles. The molecular weight excluding hydrogens is 296 g/mol. The van der Waals surface area contributed by atoms with Crippen LogP contribution in [0.15, 0.2) is 41.1 Å². The maximum Gasteiger partial charge on any atom is 0.252 e. The van der Waals surface area contributed by atoms with E-state index in [1.807, 2.05) is 36.7 Å². The van der Waals surface area contributed by atoms with Gasteiger partial charge in [-0.2, -0.15) is 11.3 Å². The first-order valence-corrected chi connectivity index (χ1v) is 8.24. The Labute approximate surface area is 134 Å². The summed E-state index contributed by atoms with van der Waals surface area (Å²) in [6.45, 7) is 4.46. The summed E-state index contributed by atoms with van der Waals surface area (Å²) in [5.41, 5.74) is 2.27. The summed E-state index contributed by atoms with van der Waals surface area (Å²) in [5, 5.41) is 9.48. The van der Waals surface area contributed by atoms with E-state index in [1.165, 1.54) is 11.3 Å². The number of carbonyl (C=O) groups excluding carboxylic acids is 2. The van der Waals surface area contributed by atoms with Crippen molar-refractivity contribution in [3.63, 3.8) is 0 Å². The molecule has 1 heterocycles. The first-order valence-electron chi connectivity index (χ1n) is 7.30. The number of carbonyl (C=O) groups is 2. The standard InChI is InChI=1S/C17H20N2O2S/c1-3-12(2)19-17(21)14-6-4-13(5-7-14)10-18-16(20)15-8-9-22-11-15/h4-9,11-12H,3,10H2,1-2H3,(H,18,20)(H,19,21)/t12-/m0/s1. The van der Waals surface area contributed by atoms with Crippen molar-refractivity contribution >= 4 is 23.2 Å².